The standard InChI is InChI=1S/C14H13ClO/c1-9-5-12(8-13(15)6-9)11-3-4-14(16)10(2)7-11/h3-8,16H,1-2H3. The summed E-state index contributed by atoms with van der Waals surface area (Å²) < 4.78 is 0. The van der Waals surface area contributed by atoms with Crippen LogP contribution < -0.4 is 0 Å². The number of aryl methyl sites for hydroxylation is 2. The maximum atomic E-state index is 9.47. The molecule has 0 aliphatic rings. The normalized spacial score (nSPS) is 10.4. The number of hydrogen-bond donors (Lipinski definition) is 1. The van der Waals surface area contributed by atoms with Crippen LogP contribution in [0.15, 0.2) is 36.4 Å². The van der Waals surface area contributed by atoms with Crippen LogP contribution in [0.2, 0.25) is 5.02 Å². The van der Waals surface area contributed by atoms with Crippen molar-refractivity contribution in [1.29, 1.82) is 0 Å². The van der Waals surface area contributed by atoms with Crippen molar-refractivity contribution in [3.63, 3.8) is 0 Å². The molecule has 0 unspecified atom stereocenters. The summed E-state index contributed by atoms with van der Waals surface area (Å²) in [5.74, 6) is 0.322. The molecule has 0 aliphatic carbocycles. The van der Waals surface area contributed by atoms with E-state index < -0.39 is 0 Å². The first-order valence-corrected chi connectivity index (χ1v) is 5.51. The molecule has 2 rings (SSSR count). The van der Waals surface area contributed by atoms with Crippen molar-refractivity contribution in [2.75, 3.05) is 0 Å². The van der Waals surface area contributed by atoms with E-state index in [1.54, 1.807) is 6.07 Å². The summed E-state index contributed by atoms with van der Waals surface area (Å²) in [4.78, 5) is 0. The van der Waals surface area contributed by atoms with Gasteiger partial charge in [0.1, 0.15) is 5.75 Å². The van der Waals surface area contributed by atoms with E-state index in [0.717, 1.165) is 27.3 Å². The number of phenols is 1. The highest BCUT2D eigenvalue weighted by Gasteiger charge is 2.02. The summed E-state index contributed by atoms with van der Waals surface area (Å²) in [6.07, 6.45) is 0. The summed E-state index contributed by atoms with van der Waals surface area (Å²) in [6.45, 7) is 3.90. The fraction of sp³-hybridized carbons (Fsp3) is 0.143. The lowest BCUT2D eigenvalue weighted by molar-refractivity contribution is 0.471. The molecular formula is C14H13ClO. The zero-order valence-electron chi connectivity index (χ0n) is 9.29. The highest BCUT2D eigenvalue weighted by molar-refractivity contribution is 6.30. The van der Waals surface area contributed by atoms with Crippen LogP contribution in [0.4, 0.5) is 0 Å². The van der Waals surface area contributed by atoms with Gasteiger partial charge in [0.25, 0.3) is 0 Å². The van der Waals surface area contributed by atoms with Gasteiger partial charge >= 0.3 is 0 Å². The van der Waals surface area contributed by atoms with Gasteiger partial charge in [-0.2, -0.15) is 0 Å². The van der Waals surface area contributed by atoms with Gasteiger partial charge in [-0.3, -0.25) is 0 Å². The molecule has 1 N–H and O–H groups in total. The molecule has 1 nitrogen and oxygen atoms in total. The fourth-order valence-electron chi connectivity index (χ4n) is 1.74. The maximum Gasteiger partial charge on any atom is 0.118 e. The molecule has 0 aromatic heterocycles. The minimum atomic E-state index is 0.322. The first kappa shape index (κ1) is 11.0. The summed E-state index contributed by atoms with van der Waals surface area (Å²) in [7, 11) is 0. The minimum absolute atomic E-state index is 0.322. The van der Waals surface area contributed by atoms with Gasteiger partial charge in [-0.1, -0.05) is 23.7 Å². The Balaban J connectivity index is 2.54. The number of phenolic OH excluding ortho intramolecular Hbond substituents is 1. The number of benzene rings is 2. The Hall–Kier alpha value is -1.47. The molecule has 16 heavy (non-hydrogen) atoms. The van der Waals surface area contributed by atoms with E-state index in [1.807, 2.05) is 38.1 Å². The Bertz CT molecular complexity index is 512. The summed E-state index contributed by atoms with van der Waals surface area (Å²) in [6, 6.07) is 11.5. The summed E-state index contributed by atoms with van der Waals surface area (Å²) >= 11 is 6.02. The molecule has 0 bridgehead atoms. The van der Waals surface area contributed by atoms with E-state index in [0.29, 0.717) is 5.75 Å². The molecule has 0 radical (unpaired) electrons. The molecule has 0 aliphatic heterocycles. The van der Waals surface area contributed by atoms with E-state index in [-0.39, 0.29) is 0 Å². The number of aromatic hydroxyl groups is 1. The molecule has 0 heterocycles. The molecule has 2 heteroatoms. The number of halogens is 1. The van der Waals surface area contributed by atoms with Crippen LogP contribution in [0, 0.1) is 13.8 Å². The highest BCUT2D eigenvalue weighted by atomic mass is 35.5. The second-order valence-electron chi connectivity index (χ2n) is 4.02. The second-order valence-corrected chi connectivity index (χ2v) is 4.45. The van der Waals surface area contributed by atoms with E-state index in [1.165, 1.54) is 0 Å². The first-order chi connectivity index (χ1) is 7.56. The van der Waals surface area contributed by atoms with Gasteiger partial charge in [0, 0.05) is 5.02 Å². The molecule has 0 saturated heterocycles. The quantitative estimate of drug-likeness (QED) is 0.776. The van der Waals surface area contributed by atoms with Gasteiger partial charge in [-0.15, -0.1) is 0 Å². The Kier molecular flexibility index (Phi) is 2.88. The second kappa shape index (κ2) is 4.18. The van der Waals surface area contributed by atoms with Crippen molar-refractivity contribution in [3.05, 3.63) is 52.5 Å². The molecule has 0 fully saturated rings. The Morgan fingerprint density at radius 3 is 2.31 bits per heavy atom. The van der Waals surface area contributed by atoms with Crippen LogP contribution in [0.5, 0.6) is 5.75 Å². The van der Waals surface area contributed by atoms with Gasteiger partial charge in [0.05, 0.1) is 0 Å². The van der Waals surface area contributed by atoms with Crippen molar-refractivity contribution in [2.45, 2.75) is 13.8 Å². The number of hydrogen-bond acceptors (Lipinski definition) is 1. The van der Waals surface area contributed by atoms with E-state index >= 15 is 0 Å². The van der Waals surface area contributed by atoms with Crippen LogP contribution >= 0.6 is 11.6 Å². The van der Waals surface area contributed by atoms with Crippen molar-refractivity contribution < 1.29 is 5.11 Å². The third-order valence-corrected chi connectivity index (χ3v) is 2.79. The van der Waals surface area contributed by atoms with E-state index in [4.69, 9.17) is 11.6 Å². The summed E-state index contributed by atoms with van der Waals surface area (Å²) in [5.41, 5.74) is 4.15. The molecule has 82 valence electrons. The van der Waals surface area contributed by atoms with Crippen molar-refractivity contribution in [2.24, 2.45) is 0 Å². The Morgan fingerprint density at radius 2 is 1.69 bits per heavy atom. The molecule has 0 saturated carbocycles. The average molecular weight is 233 g/mol. The first-order valence-electron chi connectivity index (χ1n) is 5.13. The number of rotatable bonds is 1. The molecule has 0 amide bonds. The SMILES string of the molecule is Cc1cc(Cl)cc(-c2ccc(O)c(C)c2)c1. The Morgan fingerprint density at radius 1 is 0.938 bits per heavy atom. The maximum absolute atomic E-state index is 9.47. The largest absolute Gasteiger partial charge is 0.508 e. The van der Waals surface area contributed by atoms with Crippen LogP contribution in [-0.2, 0) is 0 Å². The highest BCUT2D eigenvalue weighted by Crippen LogP contribution is 2.28. The predicted molar refractivity (Wildman–Crippen MR) is 68.0 cm³/mol. The minimum Gasteiger partial charge on any atom is -0.508 e. The van der Waals surface area contributed by atoms with Crippen molar-refractivity contribution in [3.8, 4) is 16.9 Å². The third-order valence-electron chi connectivity index (χ3n) is 2.57. The fourth-order valence-corrected chi connectivity index (χ4v) is 2.03. The molecule has 0 spiro atoms. The van der Waals surface area contributed by atoms with E-state index in [2.05, 4.69) is 6.07 Å². The van der Waals surface area contributed by atoms with Crippen molar-refractivity contribution in [1.82, 2.24) is 0 Å². The predicted octanol–water partition coefficient (Wildman–Crippen LogP) is 4.33. The van der Waals surface area contributed by atoms with Gasteiger partial charge in [-0.25, -0.2) is 0 Å². The molecule has 2 aromatic rings. The van der Waals surface area contributed by atoms with Crippen LogP contribution in [0.25, 0.3) is 11.1 Å². The van der Waals surface area contributed by atoms with E-state index in [9.17, 15) is 5.11 Å². The molecular weight excluding hydrogens is 220 g/mol. The molecule has 2 aromatic carbocycles. The lowest BCUT2D eigenvalue weighted by atomic mass is 10.0. The van der Waals surface area contributed by atoms with Gasteiger partial charge in [0.15, 0.2) is 0 Å². The smallest absolute Gasteiger partial charge is 0.118 e. The lowest BCUT2D eigenvalue weighted by Gasteiger charge is -2.06. The zero-order valence-corrected chi connectivity index (χ0v) is 10.0. The van der Waals surface area contributed by atoms with Crippen molar-refractivity contribution >= 4 is 11.6 Å². The summed E-state index contributed by atoms with van der Waals surface area (Å²) in [5, 5.41) is 10.2. The molecule has 0 atom stereocenters. The third kappa shape index (κ3) is 2.20. The van der Waals surface area contributed by atoms with Gasteiger partial charge in [0.2, 0.25) is 0 Å². The van der Waals surface area contributed by atoms with Gasteiger partial charge < -0.3 is 5.11 Å². The average Bonchev–Trinajstić information content (AvgIpc) is 2.20. The van der Waals surface area contributed by atoms with Gasteiger partial charge in [-0.05, 0) is 60.4 Å². The van der Waals surface area contributed by atoms with Crippen LogP contribution in [0.3, 0.4) is 0 Å². The Labute approximate surface area is 100 Å². The van der Waals surface area contributed by atoms with Crippen LogP contribution in [0.1, 0.15) is 11.1 Å². The topological polar surface area (TPSA) is 20.2 Å². The van der Waals surface area contributed by atoms with Crippen LogP contribution in [-0.4, -0.2) is 5.11 Å². The monoisotopic (exact) mass is 232 g/mol. The lowest BCUT2D eigenvalue weighted by Crippen LogP contribution is -1.82. The zero-order chi connectivity index (χ0) is 11.7.